The van der Waals surface area contributed by atoms with Crippen molar-refractivity contribution in [2.75, 3.05) is 25.2 Å². The number of methoxy groups -OCH3 is 1. The molecule has 2 unspecified atom stereocenters. The van der Waals surface area contributed by atoms with Gasteiger partial charge in [-0.1, -0.05) is 38.3 Å². The van der Waals surface area contributed by atoms with Crippen molar-refractivity contribution in [2.24, 2.45) is 0 Å². The summed E-state index contributed by atoms with van der Waals surface area (Å²) in [4.78, 5) is 26.8. The molecule has 8 heteroatoms. The fourth-order valence-electron chi connectivity index (χ4n) is 3.47. The average molecular weight is 448 g/mol. The molecule has 0 bridgehead atoms. The molecule has 1 aromatic heterocycles. The van der Waals surface area contributed by atoms with Gasteiger partial charge in [-0.2, -0.15) is 0 Å². The maximum absolute atomic E-state index is 12.3. The van der Waals surface area contributed by atoms with Crippen molar-refractivity contribution in [2.45, 2.75) is 51.4 Å². The van der Waals surface area contributed by atoms with Gasteiger partial charge in [-0.15, -0.1) is 11.3 Å². The van der Waals surface area contributed by atoms with Gasteiger partial charge in [0, 0.05) is 10.6 Å². The van der Waals surface area contributed by atoms with Crippen LogP contribution >= 0.6 is 11.3 Å². The van der Waals surface area contributed by atoms with Crippen molar-refractivity contribution in [1.29, 1.82) is 0 Å². The number of hydrogen-bond acceptors (Lipinski definition) is 7. The number of ether oxygens (including phenoxy) is 3. The number of thiophene rings is 1. The van der Waals surface area contributed by atoms with Crippen LogP contribution in [0.2, 0.25) is 0 Å². The molecule has 0 radical (unpaired) electrons. The summed E-state index contributed by atoms with van der Waals surface area (Å²) in [5.74, 6) is -0.365. The topological polar surface area (TPSA) is 85.3 Å². The van der Waals surface area contributed by atoms with E-state index in [4.69, 9.17) is 14.2 Å². The van der Waals surface area contributed by atoms with Crippen LogP contribution in [0.15, 0.2) is 36.4 Å². The zero-order valence-corrected chi connectivity index (χ0v) is 18.7. The van der Waals surface area contributed by atoms with Crippen molar-refractivity contribution in [3.05, 3.63) is 51.7 Å². The van der Waals surface area contributed by atoms with Crippen LogP contribution in [-0.4, -0.2) is 43.5 Å². The molecular formula is C23H29NO6S. The summed E-state index contributed by atoms with van der Waals surface area (Å²) in [5, 5.41) is 10.3. The first-order valence-corrected chi connectivity index (χ1v) is 11.3. The Balaban J connectivity index is 1.55. The molecule has 31 heavy (non-hydrogen) atoms. The molecule has 168 valence electrons. The summed E-state index contributed by atoms with van der Waals surface area (Å²) >= 11 is 1.32. The lowest BCUT2D eigenvalue weighted by atomic mass is 10.0. The van der Waals surface area contributed by atoms with E-state index >= 15 is 0 Å². The van der Waals surface area contributed by atoms with Gasteiger partial charge in [0.05, 0.1) is 32.5 Å². The first kappa shape index (κ1) is 23.2. The highest BCUT2D eigenvalue weighted by molar-refractivity contribution is 7.13. The summed E-state index contributed by atoms with van der Waals surface area (Å²) in [6.45, 7) is 3.02. The maximum atomic E-state index is 12.3. The molecule has 2 atom stereocenters. The van der Waals surface area contributed by atoms with Gasteiger partial charge >= 0.3 is 12.1 Å². The number of rotatable bonds is 11. The second kappa shape index (κ2) is 11.3. The first-order valence-electron chi connectivity index (χ1n) is 10.5. The van der Waals surface area contributed by atoms with Crippen LogP contribution in [0.3, 0.4) is 0 Å². The number of anilines is 1. The summed E-state index contributed by atoms with van der Waals surface area (Å²) in [7, 11) is 1.35. The Hall–Kier alpha value is -2.42. The monoisotopic (exact) mass is 447 g/mol. The third-order valence-corrected chi connectivity index (χ3v) is 6.24. The standard InChI is InChI=1S/C23H29NO6S/c1-3-4-5-6-20(25)16-7-9-17(10-8-16)24-18(14-30-23(24)27)13-29-15-19-11-12-21(31-19)22(26)28-2/h7-12,18,20,25H,3-6,13-15H2,1-2H3. The Morgan fingerprint density at radius 2 is 2.03 bits per heavy atom. The minimum Gasteiger partial charge on any atom is -0.465 e. The molecule has 1 N–H and O–H groups in total. The van der Waals surface area contributed by atoms with Crippen molar-refractivity contribution in [3.8, 4) is 0 Å². The predicted molar refractivity (Wildman–Crippen MR) is 118 cm³/mol. The van der Waals surface area contributed by atoms with Crippen LogP contribution < -0.4 is 4.90 Å². The van der Waals surface area contributed by atoms with Gasteiger partial charge < -0.3 is 19.3 Å². The van der Waals surface area contributed by atoms with Gasteiger partial charge in [0.15, 0.2) is 0 Å². The molecular weight excluding hydrogens is 418 g/mol. The number of amides is 1. The molecule has 1 aromatic carbocycles. The zero-order valence-electron chi connectivity index (χ0n) is 17.9. The van der Waals surface area contributed by atoms with Crippen molar-refractivity contribution < 1.29 is 28.9 Å². The van der Waals surface area contributed by atoms with Gasteiger partial charge in [0.25, 0.3) is 0 Å². The van der Waals surface area contributed by atoms with Crippen LogP contribution in [0.1, 0.15) is 58.8 Å². The molecule has 2 aromatic rings. The second-order valence-corrected chi connectivity index (χ2v) is 8.64. The predicted octanol–water partition coefficient (Wildman–Crippen LogP) is 4.69. The van der Waals surface area contributed by atoms with E-state index in [-0.39, 0.29) is 18.6 Å². The number of carbonyl (C=O) groups excluding carboxylic acids is 2. The van der Waals surface area contributed by atoms with Crippen LogP contribution in [-0.2, 0) is 20.8 Å². The third kappa shape index (κ3) is 6.06. The van der Waals surface area contributed by atoms with E-state index in [1.165, 1.54) is 18.4 Å². The van der Waals surface area contributed by atoms with Crippen LogP contribution in [0.5, 0.6) is 0 Å². The Bertz CT molecular complexity index is 865. The molecule has 2 heterocycles. The molecule has 0 aliphatic carbocycles. The summed E-state index contributed by atoms with van der Waals surface area (Å²) < 4.78 is 15.7. The van der Waals surface area contributed by atoms with Gasteiger partial charge in [-0.3, -0.25) is 4.90 Å². The Kier molecular flexibility index (Phi) is 8.45. The lowest BCUT2D eigenvalue weighted by Crippen LogP contribution is -2.36. The van der Waals surface area contributed by atoms with E-state index in [9.17, 15) is 14.7 Å². The summed E-state index contributed by atoms with van der Waals surface area (Å²) in [6, 6.07) is 10.7. The van der Waals surface area contributed by atoms with E-state index in [2.05, 4.69) is 6.92 Å². The SMILES string of the molecule is CCCCCC(O)c1ccc(N2C(=O)OCC2COCc2ccc(C(=O)OC)s2)cc1. The number of carbonyl (C=O) groups is 2. The quantitative estimate of drug-likeness (QED) is 0.397. The van der Waals surface area contributed by atoms with Gasteiger partial charge in [0.1, 0.15) is 11.5 Å². The highest BCUT2D eigenvalue weighted by atomic mass is 32.1. The van der Waals surface area contributed by atoms with Gasteiger partial charge in [-0.25, -0.2) is 9.59 Å². The molecule has 0 saturated carbocycles. The third-order valence-electron chi connectivity index (χ3n) is 5.20. The number of unbranched alkanes of at least 4 members (excludes halogenated alkanes) is 2. The zero-order chi connectivity index (χ0) is 22.2. The lowest BCUT2D eigenvalue weighted by Gasteiger charge is -2.22. The number of aliphatic hydroxyl groups is 1. The van der Waals surface area contributed by atoms with E-state index in [1.807, 2.05) is 30.3 Å². The number of esters is 1. The number of hydrogen-bond donors (Lipinski definition) is 1. The largest absolute Gasteiger partial charge is 0.465 e. The van der Waals surface area contributed by atoms with E-state index < -0.39 is 12.2 Å². The Labute approximate surface area is 186 Å². The fourth-order valence-corrected chi connectivity index (χ4v) is 4.34. The van der Waals surface area contributed by atoms with Crippen LogP contribution in [0.25, 0.3) is 0 Å². The first-order chi connectivity index (χ1) is 15.0. The van der Waals surface area contributed by atoms with Crippen LogP contribution in [0, 0.1) is 0 Å². The van der Waals surface area contributed by atoms with Crippen molar-refractivity contribution in [1.82, 2.24) is 0 Å². The molecule has 1 fully saturated rings. The Morgan fingerprint density at radius 3 is 2.74 bits per heavy atom. The summed E-state index contributed by atoms with van der Waals surface area (Å²) in [5.41, 5.74) is 1.56. The highest BCUT2D eigenvalue weighted by Crippen LogP contribution is 2.27. The molecule has 1 saturated heterocycles. The van der Waals surface area contributed by atoms with E-state index in [0.717, 1.165) is 36.1 Å². The van der Waals surface area contributed by atoms with Crippen molar-refractivity contribution in [3.63, 3.8) is 0 Å². The molecule has 1 aliphatic heterocycles. The van der Waals surface area contributed by atoms with E-state index in [0.29, 0.717) is 23.8 Å². The average Bonchev–Trinajstić information content (AvgIpc) is 3.40. The van der Waals surface area contributed by atoms with Crippen LogP contribution in [0.4, 0.5) is 10.5 Å². The summed E-state index contributed by atoms with van der Waals surface area (Å²) in [6.07, 6.45) is 3.04. The highest BCUT2D eigenvalue weighted by Gasteiger charge is 2.34. The number of nitrogens with zero attached hydrogens (tertiary/aromatic N) is 1. The minimum atomic E-state index is -0.495. The fraction of sp³-hybridized carbons (Fsp3) is 0.478. The molecule has 3 rings (SSSR count). The number of benzene rings is 1. The normalized spacial score (nSPS) is 16.9. The number of cyclic esters (lactones) is 1. The maximum Gasteiger partial charge on any atom is 0.414 e. The van der Waals surface area contributed by atoms with Crippen molar-refractivity contribution >= 4 is 29.1 Å². The molecule has 1 aliphatic rings. The lowest BCUT2D eigenvalue weighted by molar-refractivity contribution is 0.0606. The Morgan fingerprint density at radius 1 is 1.26 bits per heavy atom. The van der Waals surface area contributed by atoms with Gasteiger partial charge in [-0.05, 0) is 36.2 Å². The smallest absolute Gasteiger partial charge is 0.414 e. The molecule has 1 amide bonds. The molecule has 0 spiro atoms. The van der Waals surface area contributed by atoms with Gasteiger partial charge in [0.2, 0.25) is 0 Å². The molecule has 7 nitrogen and oxygen atoms in total. The minimum absolute atomic E-state index is 0.243. The second-order valence-electron chi connectivity index (χ2n) is 7.48. The van der Waals surface area contributed by atoms with E-state index in [1.54, 1.807) is 11.0 Å². The number of aliphatic hydroxyl groups excluding tert-OH is 1.